The largest absolute Gasteiger partial charge is 0.483 e. The van der Waals surface area contributed by atoms with Gasteiger partial charge in [-0.05, 0) is 36.3 Å². The Hall–Kier alpha value is -3.95. The van der Waals surface area contributed by atoms with Crippen LogP contribution in [0.1, 0.15) is 46.4 Å². The van der Waals surface area contributed by atoms with Crippen LogP contribution < -0.4 is 20.5 Å². The number of rotatable bonds is 4. The fraction of sp³-hybridized carbons (Fsp3) is 0.312. The third kappa shape index (κ3) is 3.59. The molecule has 7 nitrogen and oxygen atoms in total. The molecule has 1 amide bonds. The number of hydrogen-bond acceptors (Lipinski definition) is 5. The third-order valence-corrected chi connectivity index (χ3v) is 9.82. The zero-order chi connectivity index (χ0) is 29.0. The van der Waals surface area contributed by atoms with Crippen LogP contribution in [0.15, 0.2) is 48.7 Å². The average Bonchev–Trinajstić information content (AvgIpc) is 3.26. The van der Waals surface area contributed by atoms with Crippen molar-refractivity contribution in [2.75, 3.05) is 6.54 Å². The van der Waals surface area contributed by atoms with Crippen molar-refractivity contribution < 1.29 is 23.0 Å². The molecule has 4 aromatic rings. The lowest BCUT2D eigenvalue weighted by Gasteiger charge is -2.35. The molecule has 2 fully saturated rings. The molecule has 0 radical (unpaired) electrons. The molecule has 1 aromatic heterocycles. The fourth-order valence-corrected chi connectivity index (χ4v) is 7.43. The van der Waals surface area contributed by atoms with Gasteiger partial charge in [0.1, 0.15) is 23.9 Å². The molecule has 4 aliphatic rings. The van der Waals surface area contributed by atoms with E-state index in [0.717, 1.165) is 31.4 Å². The van der Waals surface area contributed by atoms with Crippen LogP contribution in [0.4, 0.5) is 8.78 Å². The van der Waals surface area contributed by atoms with E-state index in [0.29, 0.717) is 22.4 Å². The summed E-state index contributed by atoms with van der Waals surface area (Å²) in [5.74, 6) is -2.30. The van der Waals surface area contributed by atoms with E-state index in [9.17, 15) is 4.79 Å². The molecule has 1 spiro atoms. The molecule has 0 unspecified atom stereocenters. The number of hydrogen-bond donors (Lipinski definition) is 2. The van der Waals surface area contributed by atoms with Crippen LogP contribution in [0.25, 0.3) is 22.3 Å². The number of aryl methyl sites for hydroxylation is 1. The molecule has 3 aromatic carbocycles. The Morgan fingerprint density at radius 2 is 1.95 bits per heavy atom. The summed E-state index contributed by atoms with van der Waals surface area (Å²) in [5, 5.41) is 7.74. The molecule has 1 saturated carbocycles. The van der Waals surface area contributed by atoms with Gasteiger partial charge in [-0.25, -0.2) is 8.78 Å². The van der Waals surface area contributed by atoms with Crippen molar-refractivity contribution in [3.63, 3.8) is 0 Å². The molecule has 8 rings (SSSR count). The molecule has 0 bridgehead atoms. The average molecular weight is 589 g/mol. The van der Waals surface area contributed by atoms with E-state index in [2.05, 4.69) is 10.4 Å². The Morgan fingerprint density at radius 1 is 1.17 bits per heavy atom. The molecule has 4 heterocycles. The van der Waals surface area contributed by atoms with Crippen LogP contribution in [-0.2, 0) is 25.7 Å². The quantitative estimate of drug-likeness (QED) is 0.322. The van der Waals surface area contributed by atoms with Crippen LogP contribution in [0.3, 0.4) is 0 Å². The number of nitrogens with zero attached hydrogens (tertiary/aromatic N) is 2. The van der Waals surface area contributed by atoms with E-state index < -0.39 is 23.1 Å². The molecule has 214 valence electrons. The second-order valence-corrected chi connectivity index (χ2v) is 12.4. The number of nitrogens with two attached hydrogens (primary N) is 1. The summed E-state index contributed by atoms with van der Waals surface area (Å²) in [6.07, 6.45) is 5.24. The van der Waals surface area contributed by atoms with Gasteiger partial charge in [0.2, 0.25) is 5.91 Å². The minimum atomic E-state index is -0.889. The molecule has 10 heteroatoms. The number of aromatic nitrogens is 2. The first-order chi connectivity index (χ1) is 20.2. The van der Waals surface area contributed by atoms with Crippen LogP contribution in [0.5, 0.6) is 11.5 Å². The van der Waals surface area contributed by atoms with E-state index >= 15 is 8.78 Å². The van der Waals surface area contributed by atoms with Crippen molar-refractivity contribution in [1.82, 2.24) is 15.1 Å². The molecular formula is C32H27ClF2N4O3. The number of carbonyl (C=O) groups is 1. The monoisotopic (exact) mass is 588 g/mol. The Kier molecular flexibility index (Phi) is 5.38. The van der Waals surface area contributed by atoms with Crippen molar-refractivity contribution in [1.29, 1.82) is 0 Å². The molecule has 3 N–H and O–H groups in total. The summed E-state index contributed by atoms with van der Waals surface area (Å²) >= 11 is 6.66. The molecule has 1 saturated heterocycles. The highest BCUT2D eigenvalue weighted by molar-refractivity contribution is 6.34. The fourth-order valence-electron chi connectivity index (χ4n) is 7.16. The van der Waals surface area contributed by atoms with Crippen molar-refractivity contribution in [2.24, 2.45) is 18.2 Å². The lowest BCUT2D eigenvalue weighted by molar-refractivity contribution is 0.0521. The predicted octanol–water partition coefficient (Wildman–Crippen LogP) is 5.65. The SMILES string of the molecule is Cn1cc2c(n1)COc1c-2cc(C(N)=O)c(-c2c(Cl)c(F)cc3c2C[C@](c2ccccc2)([C@@H]2CC4(CC4)CN2)O3)c1F. The highest BCUT2D eigenvalue weighted by Gasteiger charge is 2.58. The normalized spacial score (nSPS) is 22.7. The standard InChI is InChI=1S/C32H27ClF2N4O3/c1-39-13-20-17-9-18(30(36)40)26(28(35)29(17)41-14-22(20)38-39)25-19-11-32(16-5-3-2-4-6-16,24-12-31(7-8-31)15-37-24)42-23(19)10-21(34)27(25)33/h2-6,9-10,13,24,37H,7-8,11-12,14-15H2,1H3,(H2,36,40)/t24-,32-/m0/s1. The van der Waals surface area contributed by atoms with E-state index in [1.54, 1.807) is 17.9 Å². The van der Waals surface area contributed by atoms with Crippen LogP contribution in [0, 0.1) is 17.0 Å². The van der Waals surface area contributed by atoms with E-state index in [4.69, 9.17) is 26.8 Å². The Bertz CT molecular complexity index is 1820. The molecule has 2 atom stereocenters. The summed E-state index contributed by atoms with van der Waals surface area (Å²) in [7, 11) is 1.75. The number of amides is 1. The van der Waals surface area contributed by atoms with E-state index in [1.165, 1.54) is 12.1 Å². The maximum absolute atomic E-state index is 16.7. The zero-order valence-corrected chi connectivity index (χ0v) is 23.5. The van der Waals surface area contributed by atoms with Gasteiger partial charge in [-0.1, -0.05) is 41.9 Å². The van der Waals surface area contributed by atoms with Gasteiger partial charge < -0.3 is 20.5 Å². The number of benzene rings is 3. The maximum Gasteiger partial charge on any atom is 0.249 e. The van der Waals surface area contributed by atoms with Crippen molar-refractivity contribution in [3.8, 4) is 33.8 Å². The van der Waals surface area contributed by atoms with Gasteiger partial charge in [0.25, 0.3) is 0 Å². The van der Waals surface area contributed by atoms with Gasteiger partial charge in [0.15, 0.2) is 17.2 Å². The lowest BCUT2D eigenvalue weighted by Crippen LogP contribution is -2.48. The third-order valence-electron chi connectivity index (χ3n) is 9.45. The van der Waals surface area contributed by atoms with Gasteiger partial charge in [-0.3, -0.25) is 9.48 Å². The van der Waals surface area contributed by atoms with Crippen LogP contribution in [0.2, 0.25) is 5.02 Å². The molecular weight excluding hydrogens is 562 g/mol. The van der Waals surface area contributed by atoms with Gasteiger partial charge in [-0.15, -0.1) is 0 Å². The summed E-state index contributed by atoms with van der Waals surface area (Å²) in [5.41, 5.74) is 7.97. The number of nitrogens with one attached hydrogen (secondary N) is 1. The van der Waals surface area contributed by atoms with Crippen molar-refractivity contribution in [2.45, 2.75) is 43.9 Å². The van der Waals surface area contributed by atoms with E-state index in [-0.39, 0.29) is 57.7 Å². The second-order valence-electron chi connectivity index (χ2n) is 12.0. The van der Waals surface area contributed by atoms with Gasteiger partial charge in [-0.2, -0.15) is 5.10 Å². The number of halogens is 3. The maximum atomic E-state index is 16.7. The van der Waals surface area contributed by atoms with Gasteiger partial charge in [0, 0.05) is 60.1 Å². The highest BCUT2D eigenvalue weighted by atomic mass is 35.5. The molecule has 3 aliphatic heterocycles. The predicted molar refractivity (Wildman–Crippen MR) is 152 cm³/mol. The summed E-state index contributed by atoms with van der Waals surface area (Å²) in [6.45, 7) is 0.923. The lowest BCUT2D eigenvalue weighted by atomic mass is 9.79. The molecule has 1 aliphatic carbocycles. The topological polar surface area (TPSA) is 91.4 Å². The smallest absolute Gasteiger partial charge is 0.249 e. The minimum Gasteiger partial charge on any atom is -0.483 e. The highest BCUT2D eigenvalue weighted by Crippen LogP contribution is 2.58. The summed E-state index contributed by atoms with van der Waals surface area (Å²) in [4.78, 5) is 12.9. The Morgan fingerprint density at radius 3 is 2.67 bits per heavy atom. The van der Waals surface area contributed by atoms with E-state index in [1.807, 2.05) is 30.3 Å². The van der Waals surface area contributed by atoms with Gasteiger partial charge in [0.05, 0.1) is 16.6 Å². The minimum absolute atomic E-state index is 0.0414. The second kappa shape index (κ2) is 8.78. The van der Waals surface area contributed by atoms with Crippen LogP contribution in [-0.4, -0.2) is 28.3 Å². The Balaban J connectivity index is 1.34. The zero-order valence-electron chi connectivity index (χ0n) is 22.8. The first kappa shape index (κ1) is 25.7. The van der Waals surface area contributed by atoms with Crippen molar-refractivity contribution >= 4 is 17.5 Å². The number of fused-ring (bicyclic) bond motifs is 4. The van der Waals surface area contributed by atoms with Gasteiger partial charge >= 0.3 is 0 Å². The first-order valence-electron chi connectivity index (χ1n) is 14.0. The van der Waals surface area contributed by atoms with Crippen molar-refractivity contribution in [3.05, 3.63) is 87.7 Å². The Labute approximate surface area is 245 Å². The number of primary amides is 1. The number of ether oxygens (including phenoxy) is 2. The van der Waals surface area contributed by atoms with Crippen LogP contribution >= 0.6 is 11.6 Å². The summed E-state index contributed by atoms with van der Waals surface area (Å²) < 4.78 is 46.4. The molecule has 42 heavy (non-hydrogen) atoms. The first-order valence-corrected chi connectivity index (χ1v) is 14.4. The number of carbonyl (C=O) groups excluding carboxylic acids is 1. The summed E-state index contributed by atoms with van der Waals surface area (Å²) in [6, 6.07) is 12.5.